The van der Waals surface area contributed by atoms with E-state index in [1.165, 1.54) is 30.4 Å². The van der Waals surface area contributed by atoms with Crippen molar-refractivity contribution in [3.05, 3.63) is 29.3 Å². The van der Waals surface area contributed by atoms with Gasteiger partial charge in [0.05, 0.1) is 6.10 Å². The van der Waals surface area contributed by atoms with Crippen LogP contribution in [0.4, 0.5) is 0 Å². The first kappa shape index (κ1) is 16.8. The molecular formula is C19H25NO2Se. The topological polar surface area (TPSA) is 64.2 Å². The van der Waals surface area contributed by atoms with Crippen LogP contribution in [0.2, 0.25) is 0 Å². The summed E-state index contributed by atoms with van der Waals surface area (Å²) in [7, 11) is 0. The molecule has 3 aliphatic carbocycles. The van der Waals surface area contributed by atoms with Gasteiger partial charge in [0, 0.05) is 0 Å². The molecule has 2 fully saturated rings. The number of fused-ring (bicyclic) bond motifs is 5. The van der Waals surface area contributed by atoms with Crippen molar-refractivity contribution in [1.82, 2.24) is 0 Å². The van der Waals surface area contributed by atoms with Crippen molar-refractivity contribution in [3.63, 3.8) is 0 Å². The average molecular weight is 378 g/mol. The van der Waals surface area contributed by atoms with Crippen molar-refractivity contribution < 1.29 is 10.2 Å². The van der Waals surface area contributed by atoms with E-state index >= 15 is 0 Å². The first-order chi connectivity index (χ1) is 11.0. The van der Waals surface area contributed by atoms with Crippen molar-refractivity contribution >= 4 is 16.0 Å². The molecule has 0 amide bonds. The molecule has 0 aliphatic heterocycles. The van der Waals surface area contributed by atoms with Crippen molar-refractivity contribution in [1.29, 1.82) is 5.26 Å². The van der Waals surface area contributed by atoms with Crippen LogP contribution in [0.15, 0.2) is 18.2 Å². The molecule has 0 bridgehead atoms. The molecule has 1 aromatic rings. The van der Waals surface area contributed by atoms with Crippen molar-refractivity contribution in [2.24, 2.45) is 17.3 Å². The van der Waals surface area contributed by atoms with Gasteiger partial charge in [-0.05, 0) is 85.0 Å². The second kappa shape index (κ2) is 6.48. The summed E-state index contributed by atoms with van der Waals surface area (Å²) in [6.07, 6.45) is 6.78. The van der Waals surface area contributed by atoms with Gasteiger partial charge in [-0.15, -0.1) is 0 Å². The van der Waals surface area contributed by atoms with Gasteiger partial charge in [0.25, 0.3) is 0 Å². The van der Waals surface area contributed by atoms with E-state index in [1.54, 1.807) is 21.0 Å². The van der Waals surface area contributed by atoms with Crippen LogP contribution in [0.1, 0.15) is 56.1 Å². The van der Waals surface area contributed by atoms with Crippen LogP contribution in [-0.4, -0.2) is 32.3 Å². The van der Waals surface area contributed by atoms with E-state index in [2.05, 4.69) is 13.0 Å². The molecule has 0 saturated heterocycles. The summed E-state index contributed by atoms with van der Waals surface area (Å²) in [4.78, 5) is 1.69. The van der Waals surface area contributed by atoms with E-state index in [9.17, 15) is 10.2 Å². The predicted molar refractivity (Wildman–Crippen MR) is 91.5 cm³/mol. The summed E-state index contributed by atoms with van der Waals surface area (Å²) < 4.78 is 0. The molecule has 0 heterocycles. The van der Waals surface area contributed by atoms with Crippen LogP contribution >= 0.6 is 0 Å². The molecule has 5 atom stereocenters. The van der Waals surface area contributed by atoms with Crippen LogP contribution in [0.25, 0.3) is 0 Å². The van der Waals surface area contributed by atoms with E-state index in [0.717, 1.165) is 25.2 Å². The fraction of sp³-hybridized carbons (Fsp3) is 0.632. The standard InChI is InChI=1S/C18H24O2.CHNSe/c1-18-9-8-14-13-5-3-12(19)10-11(13)2-4-15(14)16(18)6-7-17(18)20;2-1-3/h3,5,10,14-17,19-20H,2,4,6-9H2,1H3;3H/t14-,15-,16+,17+,18+;/m1./s1. The number of rotatable bonds is 0. The number of hydrogen-bond acceptors (Lipinski definition) is 3. The third kappa shape index (κ3) is 2.80. The molecule has 3 nitrogen and oxygen atoms in total. The Kier molecular flexibility index (Phi) is 4.74. The van der Waals surface area contributed by atoms with Gasteiger partial charge in [0.15, 0.2) is 0 Å². The molecule has 1 aromatic carbocycles. The van der Waals surface area contributed by atoms with Gasteiger partial charge in [0.2, 0.25) is 0 Å². The summed E-state index contributed by atoms with van der Waals surface area (Å²) in [5, 5.41) is 27.3. The fourth-order valence-electron chi connectivity index (χ4n) is 5.54. The zero-order valence-corrected chi connectivity index (χ0v) is 15.4. The molecule has 3 aliphatic rings. The average Bonchev–Trinajstić information content (AvgIpc) is 2.83. The number of nitrogens with zero attached hydrogens (tertiary/aromatic N) is 1. The van der Waals surface area contributed by atoms with Gasteiger partial charge in [-0.25, -0.2) is 0 Å². The Morgan fingerprint density at radius 1 is 1.26 bits per heavy atom. The molecule has 4 rings (SSSR count). The van der Waals surface area contributed by atoms with Crippen LogP contribution in [-0.2, 0) is 6.42 Å². The van der Waals surface area contributed by atoms with Gasteiger partial charge in [-0.3, -0.25) is 0 Å². The maximum absolute atomic E-state index is 10.4. The summed E-state index contributed by atoms with van der Waals surface area (Å²) in [6.45, 7) is 2.32. The number of phenols is 1. The van der Waals surface area contributed by atoms with Crippen molar-refractivity contribution in [2.75, 3.05) is 0 Å². The number of aliphatic hydroxyl groups is 1. The zero-order chi connectivity index (χ0) is 16.6. The van der Waals surface area contributed by atoms with Gasteiger partial charge in [-0.1, -0.05) is 13.0 Å². The van der Waals surface area contributed by atoms with Crippen LogP contribution in [0.3, 0.4) is 0 Å². The van der Waals surface area contributed by atoms with E-state index in [0.29, 0.717) is 17.6 Å². The normalized spacial score (nSPS) is 37.5. The summed E-state index contributed by atoms with van der Waals surface area (Å²) >= 11 is 1.77. The van der Waals surface area contributed by atoms with E-state index in [-0.39, 0.29) is 11.5 Å². The number of benzene rings is 1. The van der Waals surface area contributed by atoms with Gasteiger partial charge in [0.1, 0.15) is 5.75 Å². The summed E-state index contributed by atoms with van der Waals surface area (Å²) in [5.74, 6) is 2.49. The number of nitriles is 1. The van der Waals surface area contributed by atoms with E-state index < -0.39 is 0 Å². The summed E-state index contributed by atoms with van der Waals surface area (Å²) in [5.41, 5.74) is 2.99. The second-order valence-electron chi connectivity index (χ2n) is 7.54. The second-order valence-corrected chi connectivity index (χ2v) is 7.96. The Labute approximate surface area is 146 Å². The molecule has 0 unspecified atom stereocenters. The minimum atomic E-state index is -0.0883. The minimum absolute atomic E-state index is 0.0883. The third-order valence-corrected chi connectivity index (χ3v) is 6.66. The van der Waals surface area contributed by atoms with Gasteiger partial charge in [-0.2, -0.15) is 0 Å². The SMILES string of the molecule is C[C@]12CC[C@@H]3c4ccc(O)cc4CC[C@H]3[C@@H]1CC[C@@H]2O.N#C[SeH]. The Morgan fingerprint density at radius 3 is 2.74 bits per heavy atom. The predicted octanol–water partition coefficient (Wildman–Crippen LogP) is 2.98. The Bertz CT molecular complexity index is 626. The van der Waals surface area contributed by atoms with Crippen LogP contribution in [0.5, 0.6) is 5.75 Å². The van der Waals surface area contributed by atoms with Gasteiger partial charge < -0.3 is 10.2 Å². The molecule has 124 valence electrons. The molecule has 4 heteroatoms. The zero-order valence-electron chi connectivity index (χ0n) is 13.6. The molecule has 2 saturated carbocycles. The summed E-state index contributed by atoms with van der Waals surface area (Å²) in [6, 6.07) is 5.96. The Morgan fingerprint density at radius 2 is 2.00 bits per heavy atom. The first-order valence-electron chi connectivity index (χ1n) is 8.54. The first-order valence-corrected chi connectivity index (χ1v) is 9.48. The number of phenolic OH excluding ortho intramolecular Hbond substituents is 1. The fourth-order valence-corrected chi connectivity index (χ4v) is 5.54. The molecular weight excluding hydrogens is 353 g/mol. The molecule has 2 N–H and O–H groups in total. The van der Waals surface area contributed by atoms with E-state index in [4.69, 9.17) is 5.26 Å². The number of hydrogen-bond donors (Lipinski definition) is 2. The third-order valence-electron chi connectivity index (χ3n) is 6.66. The van der Waals surface area contributed by atoms with Crippen molar-refractivity contribution in [2.45, 2.75) is 57.5 Å². The van der Waals surface area contributed by atoms with Gasteiger partial charge >= 0.3 is 26.2 Å². The molecule has 0 radical (unpaired) electrons. The number of aryl methyl sites for hydroxylation is 1. The quantitative estimate of drug-likeness (QED) is 0.683. The van der Waals surface area contributed by atoms with Crippen LogP contribution in [0, 0.1) is 27.5 Å². The van der Waals surface area contributed by atoms with Crippen molar-refractivity contribution in [3.8, 4) is 10.7 Å². The molecule has 0 spiro atoms. The Balaban J connectivity index is 0.000000485. The van der Waals surface area contributed by atoms with Crippen LogP contribution < -0.4 is 0 Å². The Hall–Kier alpha value is -1.01. The molecule has 23 heavy (non-hydrogen) atoms. The molecule has 0 aromatic heterocycles. The number of aromatic hydroxyl groups is 1. The number of aliphatic hydroxyl groups excluding tert-OH is 1. The maximum atomic E-state index is 10.4. The monoisotopic (exact) mass is 379 g/mol. The van der Waals surface area contributed by atoms with E-state index in [1.807, 2.05) is 12.1 Å².